The van der Waals surface area contributed by atoms with Crippen LogP contribution in [0.2, 0.25) is 0 Å². The van der Waals surface area contributed by atoms with E-state index in [1.165, 1.54) is 12.4 Å². The molecule has 7 heteroatoms. The molecule has 3 aromatic rings. The Labute approximate surface area is 199 Å². The van der Waals surface area contributed by atoms with Crippen LogP contribution in [0.5, 0.6) is 0 Å². The van der Waals surface area contributed by atoms with Gasteiger partial charge >= 0.3 is 0 Å². The Morgan fingerprint density at radius 1 is 0.941 bits per heavy atom. The van der Waals surface area contributed by atoms with Crippen molar-refractivity contribution in [1.82, 2.24) is 5.32 Å². The van der Waals surface area contributed by atoms with Gasteiger partial charge in [0.25, 0.3) is 5.91 Å². The Kier molecular flexibility index (Phi) is 8.30. The fraction of sp³-hybridized carbons (Fsp3) is 0.111. The Hall–Kier alpha value is -4.70. The number of amidine groups is 1. The lowest BCUT2D eigenvalue weighted by molar-refractivity contribution is -0.117. The van der Waals surface area contributed by atoms with Crippen LogP contribution in [0.4, 0.5) is 0 Å². The van der Waals surface area contributed by atoms with Crippen LogP contribution in [-0.2, 0) is 24.3 Å². The molecule has 0 aliphatic carbocycles. The molecule has 0 aliphatic heterocycles. The molecule has 3 aromatic carbocycles. The highest BCUT2D eigenvalue weighted by Gasteiger charge is 2.07. The summed E-state index contributed by atoms with van der Waals surface area (Å²) in [5.41, 5.74) is 16.8. The first-order valence-electron chi connectivity index (χ1n) is 10.7. The zero-order valence-corrected chi connectivity index (χ0v) is 18.7. The first kappa shape index (κ1) is 24.0. The molecule has 0 aromatic heterocycles. The van der Waals surface area contributed by atoms with Crippen molar-refractivity contribution < 1.29 is 4.79 Å². The summed E-state index contributed by atoms with van der Waals surface area (Å²) in [6.07, 6.45) is 3.49. The maximum atomic E-state index is 12.4. The molecule has 0 bridgehead atoms. The largest absolute Gasteiger partial charge is 0.404 e. The summed E-state index contributed by atoms with van der Waals surface area (Å²) in [4.78, 5) is 16.8. The van der Waals surface area contributed by atoms with E-state index < -0.39 is 0 Å². The van der Waals surface area contributed by atoms with Crippen LogP contribution in [0.1, 0.15) is 33.4 Å². The smallest absolute Gasteiger partial charge is 0.254 e. The number of benzene rings is 3. The molecular formula is C27H26N6O. The van der Waals surface area contributed by atoms with E-state index in [1.807, 2.05) is 60.7 Å². The lowest BCUT2D eigenvalue weighted by Crippen LogP contribution is -2.25. The minimum Gasteiger partial charge on any atom is -0.404 e. The zero-order chi connectivity index (χ0) is 24.3. The summed E-state index contributed by atoms with van der Waals surface area (Å²) in [5, 5.41) is 19.1. The van der Waals surface area contributed by atoms with E-state index >= 15 is 0 Å². The standard InChI is InChI=1S/C27H26N6O/c28-14-21-5-1-19(2-6-21)13-20-3-7-22(8-4-20)16-32-18-25(15-29)27(34)33-17-23-9-11-24(12-10-23)26(30)31/h1-12,15,18H,13,16-17,29H2,(H3,30,31)(H,33,34)/b25-15+,32-18?. The van der Waals surface area contributed by atoms with Crippen LogP contribution < -0.4 is 16.8 Å². The fourth-order valence-electron chi connectivity index (χ4n) is 3.21. The minimum atomic E-state index is -0.320. The molecule has 0 spiro atoms. The van der Waals surface area contributed by atoms with E-state index in [0.717, 1.165) is 28.7 Å². The average Bonchev–Trinajstić information content (AvgIpc) is 2.87. The Bertz CT molecular complexity index is 1230. The van der Waals surface area contributed by atoms with E-state index in [1.54, 1.807) is 12.1 Å². The topological polar surface area (TPSA) is 141 Å². The van der Waals surface area contributed by atoms with Gasteiger partial charge in [0.2, 0.25) is 0 Å². The predicted molar refractivity (Wildman–Crippen MR) is 134 cm³/mol. The number of amides is 1. The number of rotatable bonds is 9. The number of carbonyl (C=O) groups excluding carboxylic acids is 1. The van der Waals surface area contributed by atoms with Gasteiger partial charge in [-0.3, -0.25) is 15.2 Å². The third kappa shape index (κ3) is 6.90. The molecule has 0 atom stereocenters. The highest BCUT2D eigenvalue weighted by Crippen LogP contribution is 2.12. The Balaban J connectivity index is 1.49. The molecule has 0 fully saturated rings. The van der Waals surface area contributed by atoms with Crippen LogP contribution in [-0.4, -0.2) is 18.0 Å². The molecule has 34 heavy (non-hydrogen) atoms. The van der Waals surface area contributed by atoms with Gasteiger partial charge in [0.1, 0.15) is 5.84 Å². The highest BCUT2D eigenvalue weighted by molar-refractivity contribution is 6.12. The van der Waals surface area contributed by atoms with Crippen molar-refractivity contribution in [1.29, 1.82) is 10.7 Å². The van der Waals surface area contributed by atoms with E-state index in [9.17, 15) is 4.79 Å². The first-order valence-corrected chi connectivity index (χ1v) is 10.7. The van der Waals surface area contributed by atoms with E-state index in [-0.39, 0.29) is 17.3 Å². The van der Waals surface area contributed by atoms with E-state index in [4.69, 9.17) is 22.1 Å². The van der Waals surface area contributed by atoms with Gasteiger partial charge in [-0.1, -0.05) is 60.7 Å². The number of nitrogen functional groups attached to an aromatic ring is 1. The number of carbonyl (C=O) groups is 1. The van der Waals surface area contributed by atoms with E-state index in [2.05, 4.69) is 16.4 Å². The van der Waals surface area contributed by atoms with Crippen molar-refractivity contribution in [3.63, 3.8) is 0 Å². The van der Waals surface area contributed by atoms with Gasteiger partial charge in [-0.05, 0) is 40.8 Å². The van der Waals surface area contributed by atoms with Gasteiger partial charge in [0, 0.05) is 24.5 Å². The van der Waals surface area contributed by atoms with Crippen molar-refractivity contribution in [2.45, 2.75) is 19.5 Å². The molecule has 0 aliphatic rings. The number of nitrogens with zero attached hydrogens (tertiary/aromatic N) is 2. The number of hydrogen-bond donors (Lipinski definition) is 4. The molecule has 1 amide bonds. The number of nitrogens with one attached hydrogen (secondary N) is 2. The maximum Gasteiger partial charge on any atom is 0.254 e. The number of aliphatic imine (C=N–C) groups is 1. The number of nitrogens with two attached hydrogens (primary N) is 2. The van der Waals surface area contributed by atoms with Crippen LogP contribution in [0.15, 0.2) is 89.6 Å². The van der Waals surface area contributed by atoms with Crippen molar-refractivity contribution in [3.8, 4) is 6.07 Å². The summed E-state index contributed by atoms with van der Waals surface area (Å²) >= 11 is 0. The minimum absolute atomic E-state index is 0.00101. The van der Waals surface area contributed by atoms with E-state index in [0.29, 0.717) is 24.2 Å². The third-order valence-electron chi connectivity index (χ3n) is 5.18. The van der Waals surface area contributed by atoms with Gasteiger partial charge in [0.05, 0.1) is 23.8 Å². The van der Waals surface area contributed by atoms with Crippen molar-refractivity contribution in [3.05, 3.63) is 118 Å². The average molecular weight is 451 g/mol. The molecule has 0 saturated carbocycles. The van der Waals surface area contributed by atoms with Gasteiger partial charge < -0.3 is 16.8 Å². The summed E-state index contributed by atoms with van der Waals surface area (Å²) in [7, 11) is 0. The summed E-state index contributed by atoms with van der Waals surface area (Å²) in [6.45, 7) is 0.747. The van der Waals surface area contributed by atoms with Gasteiger partial charge in [0.15, 0.2) is 0 Å². The Morgan fingerprint density at radius 2 is 1.50 bits per heavy atom. The molecule has 0 radical (unpaired) electrons. The predicted octanol–water partition coefficient (Wildman–Crippen LogP) is 3.16. The molecular weight excluding hydrogens is 424 g/mol. The van der Waals surface area contributed by atoms with Gasteiger partial charge in [-0.15, -0.1) is 0 Å². The quantitative estimate of drug-likeness (QED) is 0.226. The van der Waals surface area contributed by atoms with Crippen molar-refractivity contribution in [2.24, 2.45) is 16.5 Å². The molecule has 0 saturated heterocycles. The maximum absolute atomic E-state index is 12.4. The molecule has 7 nitrogen and oxygen atoms in total. The van der Waals surface area contributed by atoms with Crippen LogP contribution >= 0.6 is 0 Å². The molecule has 0 unspecified atom stereocenters. The van der Waals surface area contributed by atoms with Crippen LogP contribution in [0, 0.1) is 16.7 Å². The lowest BCUT2D eigenvalue weighted by Gasteiger charge is -2.07. The first-order chi connectivity index (χ1) is 16.5. The molecule has 3 rings (SSSR count). The SMILES string of the molecule is N#Cc1ccc(Cc2ccc(CN=C/C(=C\N)C(=O)NCc3ccc(C(=N)N)cc3)cc2)cc1. The van der Waals surface area contributed by atoms with Gasteiger partial charge in [-0.2, -0.15) is 5.26 Å². The normalized spacial score (nSPS) is 11.2. The molecule has 0 heterocycles. The fourth-order valence-corrected chi connectivity index (χ4v) is 3.21. The molecule has 170 valence electrons. The second-order valence-electron chi connectivity index (χ2n) is 7.69. The van der Waals surface area contributed by atoms with Crippen molar-refractivity contribution in [2.75, 3.05) is 0 Å². The number of hydrogen-bond acceptors (Lipinski definition) is 5. The summed E-state index contributed by atoms with van der Waals surface area (Å²) in [5.74, 6) is -0.319. The lowest BCUT2D eigenvalue weighted by atomic mass is 10.0. The number of nitriles is 1. The Morgan fingerprint density at radius 3 is 2.06 bits per heavy atom. The summed E-state index contributed by atoms with van der Waals surface area (Å²) < 4.78 is 0. The monoisotopic (exact) mass is 450 g/mol. The second kappa shape index (κ2) is 11.8. The zero-order valence-electron chi connectivity index (χ0n) is 18.7. The third-order valence-corrected chi connectivity index (χ3v) is 5.18. The summed E-state index contributed by atoms with van der Waals surface area (Å²) in [6, 6.07) is 24.9. The van der Waals surface area contributed by atoms with Crippen molar-refractivity contribution >= 4 is 18.0 Å². The second-order valence-corrected chi connectivity index (χ2v) is 7.69. The van der Waals surface area contributed by atoms with Crippen LogP contribution in [0.3, 0.4) is 0 Å². The van der Waals surface area contributed by atoms with Gasteiger partial charge in [-0.25, -0.2) is 0 Å². The molecule has 6 N–H and O–H groups in total. The van der Waals surface area contributed by atoms with Crippen LogP contribution in [0.25, 0.3) is 0 Å². The highest BCUT2D eigenvalue weighted by atomic mass is 16.1.